The van der Waals surface area contributed by atoms with E-state index in [1.807, 2.05) is 0 Å². The van der Waals surface area contributed by atoms with E-state index in [1.54, 1.807) is 20.0 Å². The molecule has 1 fully saturated rings. The van der Waals surface area contributed by atoms with Crippen LogP contribution in [0.5, 0.6) is 0 Å². The van der Waals surface area contributed by atoms with Gasteiger partial charge in [0, 0.05) is 25.1 Å². The van der Waals surface area contributed by atoms with Crippen LogP contribution in [-0.2, 0) is 21.3 Å². The molecule has 120 valence electrons. The molecule has 0 aliphatic carbocycles. The molecular formula is C14H24N2O4S. The number of nitrogens with one attached hydrogen (secondary N) is 2. The summed E-state index contributed by atoms with van der Waals surface area (Å²) in [6.45, 7) is 5.35. The fourth-order valence-electron chi connectivity index (χ4n) is 2.72. The summed E-state index contributed by atoms with van der Waals surface area (Å²) in [5, 5.41) is 2.94. The first kappa shape index (κ1) is 16.5. The summed E-state index contributed by atoms with van der Waals surface area (Å²) in [5.41, 5.74) is 0. The molecule has 6 nitrogen and oxygen atoms in total. The second kappa shape index (κ2) is 6.91. The standard InChI is InChI=1S/C14H24N2O4S/c1-4-13-11(5-6-19-13)8-16-21(17,18)14-7-12(9-15-3)20-10(14)2/h7,11,13,15-16H,4-6,8-9H2,1-3H3. The summed E-state index contributed by atoms with van der Waals surface area (Å²) >= 11 is 0. The molecule has 21 heavy (non-hydrogen) atoms. The minimum Gasteiger partial charge on any atom is -0.464 e. The summed E-state index contributed by atoms with van der Waals surface area (Å²) < 4.78 is 38.5. The van der Waals surface area contributed by atoms with Gasteiger partial charge in [-0.3, -0.25) is 0 Å². The van der Waals surface area contributed by atoms with E-state index >= 15 is 0 Å². The molecule has 2 atom stereocenters. The number of aryl methyl sites for hydroxylation is 1. The zero-order valence-corrected chi connectivity index (χ0v) is 13.6. The largest absolute Gasteiger partial charge is 0.464 e. The van der Waals surface area contributed by atoms with Gasteiger partial charge in [0.25, 0.3) is 0 Å². The summed E-state index contributed by atoms with van der Waals surface area (Å²) in [7, 11) is -1.75. The number of ether oxygens (including phenoxy) is 1. The lowest BCUT2D eigenvalue weighted by Crippen LogP contribution is -2.32. The first-order chi connectivity index (χ1) is 9.97. The molecule has 2 N–H and O–H groups in total. The average molecular weight is 316 g/mol. The van der Waals surface area contributed by atoms with Crippen molar-refractivity contribution in [1.82, 2.24) is 10.0 Å². The van der Waals surface area contributed by atoms with Crippen molar-refractivity contribution < 1.29 is 17.6 Å². The SMILES string of the molecule is CCC1OCCC1CNS(=O)(=O)c1cc(CNC)oc1C. The summed E-state index contributed by atoms with van der Waals surface area (Å²) in [5.74, 6) is 1.28. The van der Waals surface area contributed by atoms with Crippen molar-refractivity contribution in [2.45, 2.75) is 44.2 Å². The Hall–Kier alpha value is -0.890. The third kappa shape index (κ3) is 3.85. The number of hydrogen-bond donors (Lipinski definition) is 2. The first-order valence-corrected chi connectivity index (χ1v) is 8.81. The van der Waals surface area contributed by atoms with E-state index in [4.69, 9.17) is 9.15 Å². The Kier molecular flexibility index (Phi) is 5.43. The molecule has 0 saturated carbocycles. The van der Waals surface area contributed by atoms with E-state index in [2.05, 4.69) is 17.0 Å². The Morgan fingerprint density at radius 1 is 1.43 bits per heavy atom. The molecule has 1 aromatic heterocycles. The number of furan rings is 1. The van der Waals surface area contributed by atoms with E-state index in [0.29, 0.717) is 31.2 Å². The molecule has 2 heterocycles. The van der Waals surface area contributed by atoms with E-state index < -0.39 is 10.0 Å². The van der Waals surface area contributed by atoms with Crippen LogP contribution in [0.1, 0.15) is 31.3 Å². The Morgan fingerprint density at radius 2 is 2.19 bits per heavy atom. The smallest absolute Gasteiger partial charge is 0.244 e. The normalized spacial score (nSPS) is 22.8. The maximum absolute atomic E-state index is 12.4. The van der Waals surface area contributed by atoms with Crippen LogP contribution in [0.4, 0.5) is 0 Å². The molecule has 0 amide bonds. The van der Waals surface area contributed by atoms with Gasteiger partial charge in [0.2, 0.25) is 10.0 Å². The Bertz CT molecular complexity index is 568. The van der Waals surface area contributed by atoms with Crippen LogP contribution in [-0.4, -0.2) is 34.7 Å². The highest BCUT2D eigenvalue weighted by Crippen LogP contribution is 2.24. The van der Waals surface area contributed by atoms with E-state index in [9.17, 15) is 8.42 Å². The van der Waals surface area contributed by atoms with Gasteiger partial charge in [0.05, 0.1) is 12.6 Å². The van der Waals surface area contributed by atoms with E-state index in [-0.39, 0.29) is 16.9 Å². The van der Waals surface area contributed by atoms with Gasteiger partial charge >= 0.3 is 0 Å². The van der Waals surface area contributed by atoms with Crippen molar-refractivity contribution in [3.05, 3.63) is 17.6 Å². The Labute approximate surface area is 126 Å². The average Bonchev–Trinajstić information content (AvgIpc) is 3.03. The lowest BCUT2D eigenvalue weighted by Gasteiger charge is -2.17. The Morgan fingerprint density at radius 3 is 2.86 bits per heavy atom. The van der Waals surface area contributed by atoms with Crippen LogP contribution in [0.2, 0.25) is 0 Å². The van der Waals surface area contributed by atoms with Crippen LogP contribution < -0.4 is 10.0 Å². The van der Waals surface area contributed by atoms with Crippen molar-refractivity contribution in [2.75, 3.05) is 20.2 Å². The first-order valence-electron chi connectivity index (χ1n) is 7.33. The van der Waals surface area contributed by atoms with Gasteiger partial charge in [-0.1, -0.05) is 6.92 Å². The molecule has 7 heteroatoms. The molecule has 1 aliphatic rings. The highest BCUT2D eigenvalue weighted by molar-refractivity contribution is 7.89. The van der Waals surface area contributed by atoms with E-state index in [0.717, 1.165) is 12.8 Å². The number of sulfonamides is 1. The predicted molar refractivity (Wildman–Crippen MR) is 79.5 cm³/mol. The highest BCUT2D eigenvalue weighted by Gasteiger charge is 2.29. The zero-order chi connectivity index (χ0) is 15.5. The lowest BCUT2D eigenvalue weighted by molar-refractivity contribution is 0.0884. The molecule has 0 radical (unpaired) electrons. The van der Waals surface area contributed by atoms with Crippen LogP contribution in [0.15, 0.2) is 15.4 Å². The quantitative estimate of drug-likeness (QED) is 0.795. The molecule has 2 rings (SSSR count). The minimum atomic E-state index is -3.53. The molecule has 1 aliphatic heterocycles. The maximum Gasteiger partial charge on any atom is 0.244 e. The van der Waals surface area contributed by atoms with Gasteiger partial charge in [0.15, 0.2) is 0 Å². The molecular weight excluding hydrogens is 292 g/mol. The molecule has 0 aromatic carbocycles. The fourth-order valence-corrected chi connectivity index (χ4v) is 4.02. The number of rotatable bonds is 7. The van der Waals surface area contributed by atoms with Crippen molar-refractivity contribution in [1.29, 1.82) is 0 Å². The molecule has 1 aromatic rings. The predicted octanol–water partition coefficient (Wildman–Crippen LogP) is 1.40. The second-order valence-corrected chi connectivity index (χ2v) is 7.12. The van der Waals surface area contributed by atoms with Crippen molar-refractivity contribution in [2.24, 2.45) is 5.92 Å². The van der Waals surface area contributed by atoms with E-state index in [1.165, 1.54) is 0 Å². The monoisotopic (exact) mass is 316 g/mol. The van der Waals surface area contributed by atoms with Gasteiger partial charge in [-0.05, 0) is 26.8 Å². The second-order valence-electron chi connectivity index (χ2n) is 5.38. The molecule has 0 bridgehead atoms. The Balaban J connectivity index is 2.04. The van der Waals surface area contributed by atoms with Crippen molar-refractivity contribution in [3.63, 3.8) is 0 Å². The van der Waals surface area contributed by atoms with Crippen molar-refractivity contribution in [3.8, 4) is 0 Å². The van der Waals surface area contributed by atoms with Crippen molar-refractivity contribution >= 4 is 10.0 Å². The highest BCUT2D eigenvalue weighted by atomic mass is 32.2. The lowest BCUT2D eigenvalue weighted by atomic mass is 10.0. The summed E-state index contributed by atoms with van der Waals surface area (Å²) in [6, 6.07) is 1.58. The summed E-state index contributed by atoms with van der Waals surface area (Å²) in [6.07, 6.45) is 1.96. The van der Waals surface area contributed by atoms with Crippen LogP contribution in [0, 0.1) is 12.8 Å². The fraction of sp³-hybridized carbons (Fsp3) is 0.714. The number of hydrogen-bond acceptors (Lipinski definition) is 5. The topological polar surface area (TPSA) is 80.6 Å². The van der Waals surface area contributed by atoms with Crippen LogP contribution in [0.3, 0.4) is 0 Å². The third-order valence-corrected chi connectivity index (χ3v) is 5.38. The maximum atomic E-state index is 12.4. The third-order valence-electron chi connectivity index (χ3n) is 3.85. The molecule has 2 unspecified atom stereocenters. The molecule has 0 spiro atoms. The molecule has 1 saturated heterocycles. The van der Waals surface area contributed by atoms with Gasteiger partial charge in [-0.2, -0.15) is 0 Å². The zero-order valence-electron chi connectivity index (χ0n) is 12.8. The van der Waals surface area contributed by atoms with Crippen LogP contribution >= 0.6 is 0 Å². The van der Waals surface area contributed by atoms with Gasteiger partial charge in [-0.25, -0.2) is 13.1 Å². The minimum absolute atomic E-state index is 0.151. The summed E-state index contributed by atoms with van der Waals surface area (Å²) in [4.78, 5) is 0.222. The van der Waals surface area contributed by atoms with Gasteiger partial charge < -0.3 is 14.5 Å². The van der Waals surface area contributed by atoms with Gasteiger partial charge in [0.1, 0.15) is 16.4 Å². The van der Waals surface area contributed by atoms with Gasteiger partial charge in [-0.15, -0.1) is 0 Å². The van der Waals surface area contributed by atoms with Crippen LogP contribution in [0.25, 0.3) is 0 Å².